The third kappa shape index (κ3) is 5.07. The molecule has 36 heavy (non-hydrogen) atoms. The van der Waals surface area contributed by atoms with E-state index in [-0.39, 0.29) is 0 Å². The van der Waals surface area contributed by atoms with E-state index in [2.05, 4.69) is 72.8 Å². The van der Waals surface area contributed by atoms with Crippen molar-refractivity contribution < 1.29 is 14.3 Å². The van der Waals surface area contributed by atoms with Gasteiger partial charge < -0.3 is 9.47 Å². The van der Waals surface area contributed by atoms with E-state index in [4.69, 9.17) is 9.47 Å². The maximum atomic E-state index is 12.7. The third-order valence-corrected chi connectivity index (χ3v) is 10.5. The van der Waals surface area contributed by atoms with Crippen molar-refractivity contribution in [1.29, 1.82) is 0 Å². The number of para-hydroxylation sites is 2. The lowest BCUT2D eigenvalue weighted by molar-refractivity contribution is 0.151. The normalized spacial score (nSPS) is 11.0. The molecule has 0 radical (unpaired) electrons. The molecule has 5 aromatic carbocycles. The van der Waals surface area contributed by atoms with E-state index in [1.54, 1.807) is 12.1 Å². The van der Waals surface area contributed by atoms with Crippen molar-refractivity contribution >= 4 is 29.3 Å². The molecule has 0 aliphatic rings. The molecule has 5 aromatic rings. The summed E-state index contributed by atoms with van der Waals surface area (Å²) in [7, 11) is -2.14. The second kappa shape index (κ2) is 11.0. The lowest BCUT2D eigenvalue weighted by atomic mass is 10.2. The molecule has 0 fully saturated rings. The number of carbonyl (C=O) groups excluding carboxylic acids is 1. The number of carbonyl (C=O) groups is 1. The summed E-state index contributed by atoms with van der Waals surface area (Å²) in [6.45, 7) is 0. The van der Waals surface area contributed by atoms with Crippen molar-refractivity contribution in [3.05, 3.63) is 151 Å². The lowest BCUT2D eigenvalue weighted by Crippen LogP contribution is -2.32. The van der Waals surface area contributed by atoms with Crippen LogP contribution in [0.3, 0.4) is 0 Å². The van der Waals surface area contributed by atoms with Gasteiger partial charge in [0.25, 0.3) is 0 Å². The summed E-state index contributed by atoms with van der Waals surface area (Å²) in [6, 6.07) is 48.6. The molecule has 0 amide bonds. The first-order valence-corrected chi connectivity index (χ1v) is 13.8. The number of ether oxygens (including phenoxy) is 2. The average molecular weight is 490 g/mol. The maximum Gasteiger partial charge on any atom is 0.519 e. The topological polar surface area (TPSA) is 35.5 Å². The summed E-state index contributed by atoms with van der Waals surface area (Å²) in [6.07, 6.45) is -0.0588. The Labute approximate surface area is 212 Å². The molecule has 0 N–H and O–H groups in total. The number of rotatable bonds is 7. The Morgan fingerprint density at radius 1 is 0.500 bits per heavy atom. The van der Waals surface area contributed by atoms with Crippen LogP contribution < -0.4 is 25.4 Å². The van der Waals surface area contributed by atoms with E-state index in [1.165, 1.54) is 15.9 Å². The van der Waals surface area contributed by atoms with Crippen molar-refractivity contribution in [2.24, 2.45) is 0 Å². The van der Waals surface area contributed by atoms with Gasteiger partial charge in [-0.25, -0.2) is 4.79 Å². The number of hydrogen-bond acceptors (Lipinski definition) is 3. The van der Waals surface area contributed by atoms with Gasteiger partial charge in [-0.15, -0.1) is 0 Å². The summed E-state index contributed by atoms with van der Waals surface area (Å²) in [5, 5.41) is 3.80. The second-order valence-corrected chi connectivity index (χ2v) is 11.8. The molecule has 0 unspecified atom stereocenters. The predicted octanol–water partition coefficient (Wildman–Crippen LogP) is 6.76. The first-order chi connectivity index (χ1) is 17.8. The first-order valence-electron chi connectivity index (χ1n) is 11.8. The van der Waals surface area contributed by atoms with Crippen molar-refractivity contribution in [2.45, 2.75) is 6.16 Å². The molecule has 0 bridgehead atoms. The van der Waals surface area contributed by atoms with E-state index < -0.39 is 13.4 Å². The minimum Gasteiger partial charge on any atom is -0.395 e. The van der Waals surface area contributed by atoms with Gasteiger partial charge in [0.2, 0.25) is 0 Å². The standard InChI is InChI=1S/C32H26O3P/c33-32(34-27-16-5-1-6-17-27)35-31-24-14-13-15-26(31)25-36(28-18-7-2-8-19-28,29-20-9-3-10-21-29)30-22-11-4-12-23-30/h1-24H,25H2/q+1. The van der Waals surface area contributed by atoms with Gasteiger partial charge in [-0.05, 0) is 54.6 Å². The van der Waals surface area contributed by atoms with Crippen molar-refractivity contribution in [3.63, 3.8) is 0 Å². The zero-order valence-electron chi connectivity index (χ0n) is 19.7. The zero-order valence-corrected chi connectivity index (χ0v) is 20.6. The fraction of sp³-hybridized carbons (Fsp3) is 0.0312. The molecule has 0 atom stereocenters. The van der Waals surface area contributed by atoms with Crippen LogP contribution in [0.15, 0.2) is 146 Å². The fourth-order valence-electron chi connectivity index (χ4n) is 4.45. The van der Waals surface area contributed by atoms with E-state index in [9.17, 15) is 4.79 Å². The van der Waals surface area contributed by atoms with Crippen LogP contribution >= 0.6 is 7.26 Å². The SMILES string of the molecule is O=C(Oc1ccccc1)Oc1ccccc1C[P+](c1ccccc1)(c1ccccc1)c1ccccc1. The van der Waals surface area contributed by atoms with E-state index in [1.807, 2.05) is 60.7 Å². The second-order valence-electron chi connectivity index (χ2n) is 8.35. The average Bonchev–Trinajstić information content (AvgIpc) is 2.94. The van der Waals surface area contributed by atoms with E-state index in [0.717, 1.165) is 5.56 Å². The lowest BCUT2D eigenvalue weighted by Gasteiger charge is -2.28. The van der Waals surface area contributed by atoms with Crippen LogP contribution in [0.5, 0.6) is 11.5 Å². The van der Waals surface area contributed by atoms with Gasteiger partial charge in [0.05, 0.1) is 0 Å². The summed E-state index contributed by atoms with van der Waals surface area (Å²) in [5.41, 5.74) is 0.951. The highest BCUT2D eigenvalue weighted by Crippen LogP contribution is 2.58. The minimum atomic E-state index is -2.14. The molecule has 0 aliphatic heterocycles. The highest BCUT2D eigenvalue weighted by atomic mass is 31.2. The molecule has 176 valence electrons. The first kappa shape index (κ1) is 23.5. The van der Waals surface area contributed by atoms with Crippen LogP contribution in [0, 0.1) is 0 Å². The molecule has 3 nitrogen and oxygen atoms in total. The van der Waals surface area contributed by atoms with Crippen LogP contribution in [0.25, 0.3) is 0 Å². The molecule has 0 aromatic heterocycles. The van der Waals surface area contributed by atoms with Gasteiger partial charge in [0.15, 0.2) is 0 Å². The van der Waals surface area contributed by atoms with Crippen LogP contribution in [0.2, 0.25) is 0 Å². The monoisotopic (exact) mass is 489 g/mol. The zero-order chi connectivity index (χ0) is 24.6. The Morgan fingerprint density at radius 3 is 1.42 bits per heavy atom. The van der Waals surface area contributed by atoms with Crippen LogP contribution in [0.4, 0.5) is 4.79 Å². The predicted molar refractivity (Wildman–Crippen MR) is 148 cm³/mol. The van der Waals surface area contributed by atoms with Gasteiger partial charge in [-0.2, -0.15) is 0 Å². The summed E-state index contributed by atoms with van der Waals surface area (Å²) in [5.74, 6) is 0.949. The van der Waals surface area contributed by atoms with Gasteiger partial charge in [0, 0.05) is 5.56 Å². The Kier molecular flexibility index (Phi) is 7.21. The van der Waals surface area contributed by atoms with Gasteiger partial charge in [0.1, 0.15) is 40.8 Å². The Bertz CT molecular complexity index is 1310. The van der Waals surface area contributed by atoms with Gasteiger partial charge >= 0.3 is 6.16 Å². The highest BCUT2D eigenvalue weighted by molar-refractivity contribution is 7.95. The minimum absolute atomic E-state index is 0.444. The highest BCUT2D eigenvalue weighted by Gasteiger charge is 2.46. The molecular weight excluding hydrogens is 463 g/mol. The van der Waals surface area contributed by atoms with E-state index in [0.29, 0.717) is 17.7 Å². The Morgan fingerprint density at radius 2 is 0.917 bits per heavy atom. The summed E-state index contributed by atoms with van der Waals surface area (Å²) < 4.78 is 11.2. The largest absolute Gasteiger partial charge is 0.519 e. The van der Waals surface area contributed by atoms with Crippen molar-refractivity contribution in [1.82, 2.24) is 0 Å². The van der Waals surface area contributed by atoms with Gasteiger partial charge in [-0.1, -0.05) is 91.0 Å². The molecule has 0 saturated heterocycles. The summed E-state index contributed by atoms with van der Waals surface area (Å²) >= 11 is 0. The van der Waals surface area contributed by atoms with Gasteiger partial charge in [-0.3, -0.25) is 0 Å². The van der Waals surface area contributed by atoms with Crippen molar-refractivity contribution in [3.8, 4) is 11.5 Å². The Balaban J connectivity index is 1.59. The molecule has 0 heterocycles. The summed E-state index contributed by atoms with van der Waals surface area (Å²) in [4.78, 5) is 12.7. The van der Waals surface area contributed by atoms with Crippen molar-refractivity contribution in [2.75, 3.05) is 0 Å². The van der Waals surface area contributed by atoms with Crippen LogP contribution in [-0.4, -0.2) is 6.16 Å². The Hall–Kier alpha value is -4.20. The maximum absolute atomic E-state index is 12.7. The quantitative estimate of drug-likeness (QED) is 0.144. The van der Waals surface area contributed by atoms with Crippen LogP contribution in [0.1, 0.15) is 5.56 Å². The molecule has 5 rings (SSSR count). The van der Waals surface area contributed by atoms with E-state index >= 15 is 0 Å². The molecule has 0 saturated carbocycles. The number of benzene rings is 5. The molecule has 0 aliphatic carbocycles. The molecular formula is C32H26O3P+. The third-order valence-electron chi connectivity index (χ3n) is 6.11. The molecule has 0 spiro atoms. The number of hydrogen-bond donors (Lipinski definition) is 0. The van der Waals surface area contributed by atoms with Crippen LogP contribution in [-0.2, 0) is 6.16 Å². The smallest absolute Gasteiger partial charge is 0.395 e. The fourth-order valence-corrected chi connectivity index (χ4v) is 8.71. The molecule has 4 heteroatoms.